The normalized spacial score (nSPS) is 15.9. The van der Waals surface area contributed by atoms with Gasteiger partial charge in [0, 0.05) is 0 Å². The Morgan fingerprint density at radius 1 is 1.45 bits per heavy atom. The molecule has 0 aliphatic heterocycles. The van der Waals surface area contributed by atoms with Gasteiger partial charge in [0.25, 0.3) is 0 Å². The quantitative estimate of drug-likeness (QED) is 0.622. The summed E-state index contributed by atoms with van der Waals surface area (Å²) in [5, 5.41) is 0. The van der Waals surface area contributed by atoms with Crippen LogP contribution in [0.5, 0.6) is 0 Å². The van der Waals surface area contributed by atoms with Gasteiger partial charge in [0.05, 0.1) is 0 Å². The van der Waals surface area contributed by atoms with E-state index in [1.807, 2.05) is 6.07 Å². The van der Waals surface area contributed by atoms with Gasteiger partial charge in [-0.1, -0.05) is 0 Å². The Hall–Kier alpha value is -0.502. The predicted octanol–water partition coefficient (Wildman–Crippen LogP) is -0.478. The van der Waals surface area contributed by atoms with Gasteiger partial charge in [0.2, 0.25) is 0 Å². The zero-order valence-corrected chi connectivity index (χ0v) is 8.07. The van der Waals surface area contributed by atoms with Crippen molar-refractivity contribution < 1.29 is 7.84 Å². The van der Waals surface area contributed by atoms with Gasteiger partial charge in [0.1, 0.15) is 0 Å². The van der Waals surface area contributed by atoms with Crippen molar-refractivity contribution in [1.82, 2.24) is 0 Å². The molecule has 0 saturated carbocycles. The van der Waals surface area contributed by atoms with Crippen LogP contribution in [-0.4, -0.2) is 18.2 Å². The van der Waals surface area contributed by atoms with Crippen LogP contribution in [0.1, 0.15) is 5.56 Å². The van der Waals surface area contributed by atoms with Gasteiger partial charge in [0.15, 0.2) is 0 Å². The van der Waals surface area contributed by atoms with Crippen LogP contribution in [0.4, 0.5) is 0 Å². The molecule has 1 aromatic rings. The number of rotatable bonds is 1. The molecule has 0 aromatic heterocycles. The van der Waals surface area contributed by atoms with Crippen molar-refractivity contribution in [3.05, 3.63) is 29.8 Å². The summed E-state index contributed by atoms with van der Waals surface area (Å²) in [5.74, 6) is 0. The summed E-state index contributed by atoms with van der Waals surface area (Å²) in [7, 11) is 0. The van der Waals surface area contributed by atoms with Crippen LogP contribution in [0.15, 0.2) is 24.3 Å². The van der Waals surface area contributed by atoms with E-state index in [2.05, 4.69) is 0 Å². The molecule has 1 unspecified atom stereocenters. The fourth-order valence-electron chi connectivity index (χ4n) is 0.923. The first-order chi connectivity index (χ1) is 5.02. The molecule has 0 spiro atoms. The van der Waals surface area contributed by atoms with Crippen LogP contribution >= 0.6 is 0 Å². The van der Waals surface area contributed by atoms with Crippen molar-refractivity contribution in [3.8, 4) is 0 Å². The third-order valence-corrected chi connectivity index (χ3v) is 3.96. The first-order valence-corrected chi connectivity index (χ1v) is 6.82. The van der Waals surface area contributed by atoms with E-state index in [4.69, 9.17) is 8.75 Å². The van der Waals surface area contributed by atoms with Crippen LogP contribution in [0, 0.1) is 6.92 Å². The SMILES string of the molecule is Cc1ccccc1[As](N)(=O)O. The van der Waals surface area contributed by atoms with E-state index in [9.17, 15) is 3.74 Å². The average molecular weight is 215 g/mol. The molecule has 0 heterocycles. The Morgan fingerprint density at radius 2 is 2.00 bits per heavy atom. The Kier molecular flexibility index (Phi) is 2.23. The van der Waals surface area contributed by atoms with E-state index >= 15 is 0 Å². The van der Waals surface area contributed by atoms with Crippen molar-refractivity contribution in [3.63, 3.8) is 0 Å². The first-order valence-electron chi connectivity index (χ1n) is 3.19. The van der Waals surface area contributed by atoms with Crippen molar-refractivity contribution >= 4 is 18.4 Å². The Morgan fingerprint density at radius 3 is 2.36 bits per heavy atom. The molecule has 0 saturated heterocycles. The fraction of sp³-hybridized carbons (Fsp3) is 0.143. The van der Waals surface area contributed by atoms with Crippen LogP contribution in [0.3, 0.4) is 0 Å². The molecular formula is C7H10AsNO2. The molecule has 3 nitrogen and oxygen atoms in total. The summed E-state index contributed by atoms with van der Waals surface area (Å²) in [6, 6.07) is 6.88. The molecule has 1 aromatic carbocycles. The summed E-state index contributed by atoms with van der Waals surface area (Å²) in [6.07, 6.45) is 0. The Balaban J connectivity index is 3.25. The Labute approximate surface area is 68.1 Å². The third kappa shape index (κ3) is 1.96. The zero-order valence-electron chi connectivity index (χ0n) is 6.19. The van der Waals surface area contributed by atoms with Gasteiger partial charge >= 0.3 is 67.6 Å². The van der Waals surface area contributed by atoms with Gasteiger partial charge in [-0.2, -0.15) is 0 Å². The minimum absolute atomic E-state index is 0.394. The van der Waals surface area contributed by atoms with Crippen LogP contribution < -0.4 is 9.00 Å². The van der Waals surface area contributed by atoms with E-state index in [1.54, 1.807) is 25.1 Å². The summed E-state index contributed by atoms with van der Waals surface area (Å²) >= 11 is -4.15. The van der Waals surface area contributed by atoms with Crippen molar-refractivity contribution in [2.75, 3.05) is 0 Å². The minimum atomic E-state index is -4.15. The standard InChI is InChI=1S/C7H10AsNO2/c1-6-4-2-3-5-7(6)8(9,10)11/h2-5H,1H3,(H3,9,10,11). The topological polar surface area (TPSA) is 63.3 Å². The summed E-state index contributed by atoms with van der Waals surface area (Å²) in [5.41, 5.74) is 0.778. The van der Waals surface area contributed by atoms with E-state index in [0.717, 1.165) is 5.56 Å². The predicted molar refractivity (Wildman–Crippen MR) is 43.7 cm³/mol. The van der Waals surface area contributed by atoms with E-state index in [0.29, 0.717) is 4.35 Å². The van der Waals surface area contributed by atoms with Crippen LogP contribution in [0.25, 0.3) is 0 Å². The van der Waals surface area contributed by atoms with Crippen molar-refractivity contribution in [2.45, 2.75) is 6.92 Å². The number of hydrogen-bond donors (Lipinski definition) is 2. The fourth-order valence-corrected chi connectivity index (χ4v) is 2.77. The molecule has 0 bridgehead atoms. The number of benzene rings is 1. The van der Waals surface area contributed by atoms with Crippen LogP contribution in [-0.2, 0) is 3.74 Å². The van der Waals surface area contributed by atoms with E-state index in [1.165, 1.54) is 0 Å². The average Bonchev–Trinajstić information content (AvgIpc) is 1.86. The second-order valence-electron chi connectivity index (χ2n) is 2.41. The maximum absolute atomic E-state index is 11.0. The molecule has 0 radical (unpaired) electrons. The first kappa shape index (κ1) is 8.59. The molecule has 0 fully saturated rings. The van der Waals surface area contributed by atoms with Crippen molar-refractivity contribution in [2.24, 2.45) is 4.65 Å². The second kappa shape index (κ2) is 2.86. The zero-order chi connectivity index (χ0) is 8.48. The molecule has 0 amide bonds. The second-order valence-corrected chi connectivity index (χ2v) is 6.03. The molecular weight excluding hydrogens is 205 g/mol. The van der Waals surface area contributed by atoms with E-state index in [-0.39, 0.29) is 0 Å². The summed E-state index contributed by atoms with van der Waals surface area (Å²) < 4.78 is 25.6. The van der Waals surface area contributed by atoms with Crippen molar-refractivity contribution in [1.29, 1.82) is 0 Å². The number of aryl methyl sites for hydroxylation is 1. The van der Waals surface area contributed by atoms with Crippen LogP contribution in [0.2, 0.25) is 0 Å². The molecule has 4 heteroatoms. The molecule has 3 N–H and O–H groups in total. The molecule has 1 atom stereocenters. The van der Waals surface area contributed by atoms with Gasteiger partial charge in [-0.15, -0.1) is 0 Å². The molecule has 11 heavy (non-hydrogen) atoms. The van der Waals surface area contributed by atoms with E-state index < -0.39 is 14.1 Å². The molecule has 0 aliphatic rings. The number of nitrogens with two attached hydrogens (primary N) is 1. The van der Waals surface area contributed by atoms with Gasteiger partial charge < -0.3 is 0 Å². The molecule has 1 rings (SSSR count). The maximum atomic E-state index is 11.0. The summed E-state index contributed by atoms with van der Waals surface area (Å²) in [6.45, 7) is 1.77. The molecule has 60 valence electrons. The van der Waals surface area contributed by atoms with Gasteiger partial charge in [-0.05, 0) is 0 Å². The van der Waals surface area contributed by atoms with Gasteiger partial charge in [-0.3, -0.25) is 0 Å². The monoisotopic (exact) mass is 215 g/mol. The third-order valence-electron chi connectivity index (χ3n) is 1.46. The van der Waals surface area contributed by atoms with Gasteiger partial charge in [-0.25, -0.2) is 0 Å². The molecule has 0 aliphatic carbocycles. The summed E-state index contributed by atoms with van der Waals surface area (Å²) in [4.78, 5) is 0. The number of hydrogen-bond acceptors (Lipinski definition) is 1. The Bertz CT molecular complexity index is 305.